The molecule has 4 nitrogen and oxygen atoms in total. The van der Waals surface area contributed by atoms with Crippen LogP contribution < -0.4 is 10.0 Å². The minimum absolute atomic E-state index is 0.272. The molecule has 0 bridgehead atoms. The van der Waals surface area contributed by atoms with Gasteiger partial charge in [-0.25, -0.2) is 17.5 Å². The molecule has 0 radical (unpaired) electrons. The average Bonchev–Trinajstić information content (AvgIpc) is 2.18. The van der Waals surface area contributed by atoms with Crippen molar-refractivity contribution < 1.29 is 12.8 Å². The fourth-order valence-corrected chi connectivity index (χ4v) is 1.84. The molecule has 1 rings (SSSR count). The Bertz CT molecular complexity index is 479. The van der Waals surface area contributed by atoms with Gasteiger partial charge in [0.05, 0.1) is 6.26 Å². The van der Waals surface area contributed by atoms with Crippen molar-refractivity contribution in [2.45, 2.75) is 6.54 Å². The van der Waals surface area contributed by atoms with Crippen molar-refractivity contribution >= 4 is 21.6 Å². The molecule has 0 spiro atoms. The van der Waals surface area contributed by atoms with E-state index in [1.165, 1.54) is 6.07 Å². The SMILES string of the molecule is CS(=O)(=O)NCCNCc1ccc(Cl)cc1F. The van der Waals surface area contributed by atoms with Gasteiger partial charge in [-0.2, -0.15) is 0 Å². The fraction of sp³-hybridized carbons (Fsp3) is 0.400. The maximum absolute atomic E-state index is 13.3. The minimum atomic E-state index is -3.16. The van der Waals surface area contributed by atoms with E-state index in [1.807, 2.05) is 0 Å². The predicted octanol–water partition coefficient (Wildman–Crippen LogP) is 1.12. The largest absolute Gasteiger partial charge is 0.311 e. The number of hydrogen-bond donors (Lipinski definition) is 2. The molecule has 1 aromatic carbocycles. The highest BCUT2D eigenvalue weighted by molar-refractivity contribution is 7.88. The van der Waals surface area contributed by atoms with Crippen molar-refractivity contribution in [2.24, 2.45) is 0 Å². The Kier molecular flexibility index (Phi) is 5.32. The fourth-order valence-electron chi connectivity index (χ4n) is 1.21. The van der Waals surface area contributed by atoms with E-state index in [0.29, 0.717) is 23.7 Å². The third-order valence-electron chi connectivity index (χ3n) is 2.00. The zero-order valence-corrected chi connectivity index (χ0v) is 10.9. The molecule has 0 amide bonds. The van der Waals surface area contributed by atoms with Gasteiger partial charge in [0, 0.05) is 30.2 Å². The molecule has 0 fully saturated rings. The molecule has 0 heterocycles. The van der Waals surface area contributed by atoms with Crippen molar-refractivity contribution in [1.29, 1.82) is 0 Å². The van der Waals surface area contributed by atoms with E-state index in [4.69, 9.17) is 11.6 Å². The van der Waals surface area contributed by atoms with Crippen molar-refractivity contribution in [1.82, 2.24) is 10.0 Å². The van der Waals surface area contributed by atoms with Gasteiger partial charge in [-0.3, -0.25) is 0 Å². The van der Waals surface area contributed by atoms with E-state index in [2.05, 4.69) is 10.0 Å². The number of sulfonamides is 1. The number of nitrogens with one attached hydrogen (secondary N) is 2. The van der Waals surface area contributed by atoms with Crippen molar-refractivity contribution in [2.75, 3.05) is 19.3 Å². The molecule has 0 unspecified atom stereocenters. The third kappa shape index (κ3) is 5.97. The molecular weight excluding hydrogens is 267 g/mol. The van der Waals surface area contributed by atoms with Gasteiger partial charge in [0.25, 0.3) is 0 Å². The van der Waals surface area contributed by atoms with Gasteiger partial charge < -0.3 is 5.32 Å². The molecule has 0 saturated heterocycles. The summed E-state index contributed by atoms with van der Waals surface area (Å²) in [6, 6.07) is 4.44. The molecule has 0 aromatic heterocycles. The van der Waals surface area contributed by atoms with Crippen LogP contribution in [0.4, 0.5) is 4.39 Å². The second-order valence-electron chi connectivity index (χ2n) is 3.58. The number of benzene rings is 1. The first-order chi connectivity index (χ1) is 7.88. The summed E-state index contributed by atoms with van der Waals surface area (Å²) in [5, 5.41) is 3.28. The second-order valence-corrected chi connectivity index (χ2v) is 5.85. The Morgan fingerprint density at radius 1 is 1.35 bits per heavy atom. The van der Waals surface area contributed by atoms with Crippen LogP contribution in [0.1, 0.15) is 5.56 Å². The van der Waals surface area contributed by atoms with Crippen LogP contribution in [0.25, 0.3) is 0 Å². The van der Waals surface area contributed by atoms with Crippen LogP contribution in [0.5, 0.6) is 0 Å². The lowest BCUT2D eigenvalue weighted by Crippen LogP contribution is -2.30. The van der Waals surface area contributed by atoms with E-state index < -0.39 is 10.0 Å². The number of hydrogen-bond acceptors (Lipinski definition) is 3. The molecule has 0 aliphatic rings. The van der Waals surface area contributed by atoms with Gasteiger partial charge in [0.15, 0.2) is 0 Å². The van der Waals surface area contributed by atoms with Crippen LogP contribution in [-0.2, 0) is 16.6 Å². The normalized spacial score (nSPS) is 11.7. The lowest BCUT2D eigenvalue weighted by Gasteiger charge is -2.06. The third-order valence-corrected chi connectivity index (χ3v) is 2.96. The quantitative estimate of drug-likeness (QED) is 0.768. The zero-order valence-electron chi connectivity index (χ0n) is 9.33. The van der Waals surface area contributed by atoms with Gasteiger partial charge in [-0.1, -0.05) is 17.7 Å². The van der Waals surface area contributed by atoms with E-state index in [0.717, 1.165) is 6.26 Å². The highest BCUT2D eigenvalue weighted by Gasteiger charge is 2.03. The van der Waals surface area contributed by atoms with Crippen molar-refractivity contribution in [3.05, 3.63) is 34.6 Å². The lowest BCUT2D eigenvalue weighted by atomic mass is 10.2. The minimum Gasteiger partial charge on any atom is -0.311 e. The maximum atomic E-state index is 13.3. The van der Waals surface area contributed by atoms with Crippen LogP contribution >= 0.6 is 11.6 Å². The zero-order chi connectivity index (χ0) is 12.9. The highest BCUT2D eigenvalue weighted by Crippen LogP contribution is 2.14. The van der Waals surface area contributed by atoms with Crippen LogP contribution in [0.3, 0.4) is 0 Å². The molecule has 2 N–H and O–H groups in total. The molecule has 17 heavy (non-hydrogen) atoms. The smallest absolute Gasteiger partial charge is 0.208 e. The average molecular weight is 281 g/mol. The Labute approximate surface area is 105 Å². The van der Waals surface area contributed by atoms with E-state index in [-0.39, 0.29) is 12.4 Å². The molecular formula is C10H14ClFN2O2S. The van der Waals surface area contributed by atoms with Crippen LogP contribution in [0.2, 0.25) is 5.02 Å². The first-order valence-electron chi connectivity index (χ1n) is 4.98. The van der Waals surface area contributed by atoms with Gasteiger partial charge in [0.2, 0.25) is 10.0 Å². The summed E-state index contributed by atoms with van der Waals surface area (Å²) < 4.78 is 37.1. The molecule has 0 saturated carbocycles. The monoisotopic (exact) mass is 280 g/mol. The topological polar surface area (TPSA) is 58.2 Å². The van der Waals surface area contributed by atoms with Crippen molar-refractivity contribution in [3.63, 3.8) is 0 Å². The van der Waals surface area contributed by atoms with Crippen LogP contribution in [0, 0.1) is 5.82 Å². The number of halogens is 2. The van der Waals surface area contributed by atoms with Gasteiger partial charge in [-0.05, 0) is 12.1 Å². The summed E-state index contributed by atoms with van der Waals surface area (Å²) in [6.07, 6.45) is 1.09. The summed E-state index contributed by atoms with van der Waals surface area (Å²) in [4.78, 5) is 0. The lowest BCUT2D eigenvalue weighted by molar-refractivity contribution is 0.572. The summed E-state index contributed by atoms with van der Waals surface area (Å²) in [7, 11) is -3.16. The Morgan fingerprint density at radius 3 is 2.65 bits per heavy atom. The molecule has 0 aliphatic heterocycles. The maximum Gasteiger partial charge on any atom is 0.208 e. The Balaban J connectivity index is 2.32. The first-order valence-corrected chi connectivity index (χ1v) is 7.25. The van der Waals surface area contributed by atoms with Gasteiger partial charge in [0.1, 0.15) is 5.82 Å². The second kappa shape index (κ2) is 6.30. The highest BCUT2D eigenvalue weighted by atomic mass is 35.5. The molecule has 7 heteroatoms. The number of rotatable bonds is 6. The van der Waals surface area contributed by atoms with Crippen LogP contribution in [-0.4, -0.2) is 27.8 Å². The van der Waals surface area contributed by atoms with Crippen molar-refractivity contribution in [3.8, 4) is 0 Å². The molecule has 1 aromatic rings. The van der Waals surface area contributed by atoms with E-state index >= 15 is 0 Å². The summed E-state index contributed by atoms with van der Waals surface area (Å²) >= 11 is 5.61. The van der Waals surface area contributed by atoms with Gasteiger partial charge >= 0.3 is 0 Å². The first kappa shape index (κ1) is 14.4. The molecule has 0 atom stereocenters. The molecule has 0 aliphatic carbocycles. The summed E-state index contributed by atoms with van der Waals surface area (Å²) in [6.45, 7) is 1.03. The van der Waals surface area contributed by atoms with E-state index in [9.17, 15) is 12.8 Å². The standard InChI is InChI=1S/C10H14ClFN2O2S/c1-17(15,16)14-5-4-13-7-8-2-3-9(11)6-10(8)12/h2-3,6,13-14H,4-5,7H2,1H3. The Hall–Kier alpha value is -0.690. The Morgan fingerprint density at radius 2 is 2.06 bits per heavy atom. The van der Waals surface area contributed by atoms with E-state index in [1.54, 1.807) is 12.1 Å². The van der Waals surface area contributed by atoms with Gasteiger partial charge in [-0.15, -0.1) is 0 Å². The summed E-state index contributed by atoms with van der Waals surface area (Å²) in [5.41, 5.74) is 0.494. The predicted molar refractivity (Wildman–Crippen MR) is 66.0 cm³/mol. The summed E-state index contributed by atoms with van der Waals surface area (Å²) in [5.74, 6) is -0.374. The molecule has 96 valence electrons. The van der Waals surface area contributed by atoms with Crippen LogP contribution in [0.15, 0.2) is 18.2 Å².